The molecule has 1 fully saturated rings. The summed E-state index contributed by atoms with van der Waals surface area (Å²) in [4.78, 5) is 12.7. The van der Waals surface area contributed by atoms with E-state index in [0.29, 0.717) is 12.3 Å². The van der Waals surface area contributed by atoms with Gasteiger partial charge in [0.15, 0.2) is 5.78 Å². The Hall–Kier alpha value is -0.670. The molecule has 3 heteroatoms. The molecular formula is C16H21BrO2. The monoisotopic (exact) mass is 324 g/mol. The minimum Gasteiger partial charge on any atom is -0.370 e. The number of carbonyl (C=O) groups is 1. The van der Waals surface area contributed by atoms with Crippen molar-refractivity contribution in [1.82, 2.24) is 0 Å². The number of ether oxygens (including phenoxy) is 1. The highest BCUT2D eigenvalue weighted by molar-refractivity contribution is 9.10. The molecule has 2 atom stereocenters. The highest BCUT2D eigenvalue weighted by atomic mass is 79.9. The SMILES string of the molecule is COC1(C(=O)Cc2ccccc2Br)CCCC(C)C1. The van der Waals surface area contributed by atoms with Crippen molar-refractivity contribution < 1.29 is 9.53 Å². The van der Waals surface area contributed by atoms with Crippen molar-refractivity contribution in [3.63, 3.8) is 0 Å². The van der Waals surface area contributed by atoms with Crippen LogP contribution < -0.4 is 0 Å². The zero-order valence-electron chi connectivity index (χ0n) is 11.6. The first-order valence-electron chi connectivity index (χ1n) is 6.89. The second-order valence-corrected chi connectivity index (χ2v) is 6.45. The molecule has 2 rings (SSSR count). The van der Waals surface area contributed by atoms with Crippen LogP contribution in [0, 0.1) is 5.92 Å². The predicted octanol–water partition coefficient (Wildman–Crippen LogP) is 4.16. The van der Waals surface area contributed by atoms with Gasteiger partial charge in [-0.1, -0.05) is 47.5 Å². The van der Waals surface area contributed by atoms with E-state index in [0.717, 1.165) is 29.3 Å². The first kappa shape index (κ1) is 14.7. The number of ketones is 1. The lowest BCUT2D eigenvalue weighted by molar-refractivity contribution is -0.146. The van der Waals surface area contributed by atoms with E-state index in [1.54, 1.807) is 7.11 Å². The summed E-state index contributed by atoms with van der Waals surface area (Å²) < 4.78 is 6.66. The van der Waals surface area contributed by atoms with Gasteiger partial charge in [-0.2, -0.15) is 0 Å². The van der Waals surface area contributed by atoms with E-state index in [9.17, 15) is 4.79 Å². The molecule has 0 heterocycles. The standard InChI is InChI=1S/C16H21BrO2/c1-12-6-5-9-16(11-12,19-2)15(18)10-13-7-3-4-8-14(13)17/h3-4,7-8,12H,5-6,9-11H2,1-2H3. The number of carbonyl (C=O) groups excluding carboxylic acids is 1. The molecular weight excluding hydrogens is 304 g/mol. The molecule has 0 radical (unpaired) electrons. The van der Waals surface area contributed by atoms with E-state index in [-0.39, 0.29) is 5.78 Å². The lowest BCUT2D eigenvalue weighted by Crippen LogP contribution is -2.45. The van der Waals surface area contributed by atoms with Gasteiger partial charge in [0.05, 0.1) is 0 Å². The average molecular weight is 325 g/mol. The number of hydrogen-bond donors (Lipinski definition) is 0. The third kappa shape index (κ3) is 3.26. The molecule has 1 saturated carbocycles. The van der Waals surface area contributed by atoms with Crippen LogP contribution in [0.2, 0.25) is 0 Å². The van der Waals surface area contributed by atoms with Gasteiger partial charge in [-0.05, 0) is 36.8 Å². The highest BCUT2D eigenvalue weighted by Gasteiger charge is 2.41. The van der Waals surface area contributed by atoms with Crippen LogP contribution in [-0.4, -0.2) is 18.5 Å². The molecule has 0 aliphatic heterocycles. The van der Waals surface area contributed by atoms with Gasteiger partial charge >= 0.3 is 0 Å². The normalized spacial score (nSPS) is 27.2. The summed E-state index contributed by atoms with van der Waals surface area (Å²) in [6, 6.07) is 7.91. The van der Waals surface area contributed by atoms with Crippen LogP contribution in [-0.2, 0) is 16.0 Å². The molecule has 19 heavy (non-hydrogen) atoms. The fourth-order valence-electron chi connectivity index (χ4n) is 3.03. The zero-order valence-corrected chi connectivity index (χ0v) is 13.2. The van der Waals surface area contributed by atoms with Gasteiger partial charge in [0.2, 0.25) is 0 Å². The minimum absolute atomic E-state index is 0.216. The number of Topliss-reactive ketones (excluding diaryl/α,β-unsaturated/α-hetero) is 1. The molecule has 0 amide bonds. The van der Waals surface area contributed by atoms with Crippen molar-refractivity contribution in [2.75, 3.05) is 7.11 Å². The zero-order chi connectivity index (χ0) is 13.9. The molecule has 1 aromatic rings. The van der Waals surface area contributed by atoms with Crippen LogP contribution in [0.1, 0.15) is 38.2 Å². The number of benzene rings is 1. The van der Waals surface area contributed by atoms with Crippen LogP contribution in [0.5, 0.6) is 0 Å². The summed E-state index contributed by atoms with van der Waals surface area (Å²) in [5, 5.41) is 0. The summed E-state index contributed by atoms with van der Waals surface area (Å²) in [6.07, 6.45) is 4.44. The van der Waals surface area contributed by atoms with Crippen molar-refractivity contribution in [2.45, 2.75) is 44.6 Å². The molecule has 0 bridgehead atoms. The van der Waals surface area contributed by atoms with Crippen LogP contribution in [0.3, 0.4) is 0 Å². The van der Waals surface area contributed by atoms with Gasteiger partial charge in [-0.3, -0.25) is 4.79 Å². The van der Waals surface area contributed by atoms with Crippen LogP contribution in [0.4, 0.5) is 0 Å². The van der Waals surface area contributed by atoms with Crippen LogP contribution in [0.25, 0.3) is 0 Å². The Morgan fingerprint density at radius 2 is 2.21 bits per heavy atom. The summed E-state index contributed by atoms with van der Waals surface area (Å²) in [5.41, 5.74) is 0.481. The van der Waals surface area contributed by atoms with Crippen molar-refractivity contribution in [3.8, 4) is 0 Å². The maximum absolute atomic E-state index is 12.7. The molecule has 2 unspecified atom stereocenters. The Bertz CT molecular complexity index is 458. The van der Waals surface area contributed by atoms with E-state index in [4.69, 9.17) is 4.74 Å². The van der Waals surface area contributed by atoms with Gasteiger partial charge < -0.3 is 4.74 Å². The molecule has 1 aliphatic rings. The molecule has 0 aromatic heterocycles. The molecule has 0 spiro atoms. The van der Waals surface area contributed by atoms with Gasteiger partial charge in [0.25, 0.3) is 0 Å². The van der Waals surface area contributed by atoms with E-state index in [1.165, 1.54) is 6.42 Å². The summed E-state index contributed by atoms with van der Waals surface area (Å²) in [6.45, 7) is 2.21. The van der Waals surface area contributed by atoms with Gasteiger partial charge in [-0.25, -0.2) is 0 Å². The van der Waals surface area contributed by atoms with E-state index < -0.39 is 5.60 Å². The van der Waals surface area contributed by atoms with Gasteiger partial charge in [0.1, 0.15) is 5.60 Å². The topological polar surface area (TPSA) is 26.3 Å². The van der Waals surface area contributed by atoms with Crippen molar-refractivity contribution >= 4 is 21.7 Å². The fourth-order valence-corrected chi connectivity index (χ4v) is 3.46. The molecule has 1 aliphatic carbocycles. The summed E-state index contributed by atoms with van der Waals surface area (Å²) in [7, 11) is 1.68. The second kappa shape index (κ2) is 6.19. The molecule has 1 aromatic carbocycles. The third-order valence-corrected chi connectivity index (χ3v) is 4.94. The Labute approximate surface area is 123 Å². The second-order valence-electron chi connectivity index (χ2n) is 5.59. The highest BCUT2D eigenvalue weighted by Crippen LogP contribution is 2.36. The van der Waals surface area contributed by atoms with Crippen LogP contribution >= 0.6 is 15.9 Å². The smallest absolute Gasteiger partial charge is 0.169 e. The number of rotatable bonds is 4. The van der Waals surface area contributed by atoms with Crippen molar-refractivity contribution in [1.29, 1.82) is 0 Å². The maximum atomic E-state index is 12.7. The molecule has 0 saturated heterocycles. The van der Waals surface area contributed by atoms with E-state index in [2.05, 4.69) is 22.9 Å². The Morgan fingerprint density at radius 3 is 2.84 bits per heavy atom. The van der Waals surface area contributed by atoms with Gasteiger partial charge in [0, 0.05) is 18.0 Å². The molecule has 0 N–H and O–H groups in total. The molecule has 2 nitrogen and oxygen atoms in total. The maximum Gasteiger partial charge on any atom is 0.169 e. The molecule has 104 valence electrons. The van der Waals surface area contributed by atoms with Crippen LogP contribution in [0.15, 0.2) is 28.7 Å². The van der Waals surface area contributed by atoms with Crippen molar-refractivity contribution in [3.05, 3.63) is 34.3 Å². The van der Waals surface area contributed by atoms with E-state index >= 15 is 0 Å². The number of methoxy groups -OCH3 is 1. The summed E-state index contributed by atoms with van der Waals surface area (Å²) in [5.74, 6) is 0.783. The lowest BCUT2D eigenvalue weighted by atomic mass is 9.75. The Balaban J connectivity index is 2.15. The summed E-state index contributed by atoms with van der Waals surface area (Å²) >= 11 is 3.51. The largest absolute Gasteiger partial charge is 0.370 e. The first-order valence-corrected chi connectivity index (χ1v) is 7.68. The lowest BCUT2D eigenvalue weighted by Gasteiger charge is -2.37. The Kier molecular flexibility index (Phi) is 4.80. The average Bonchev–Trinajstić information content (AvgIpc) is 2.41. The number of hydrogen-bond acceptors (Lipinski definition) is 2. The van der Waals surface area contributed by atoms with E-state index in [1.807, 2.05) is 24.3 Å². The fraction of sp³-hybridized carbons (Fsp3) is 0.562. The predicted molar refractivity (Wildman–Crippen MR) is 80.2 cm³/mol. The van der Waals surface area contributed by atoms with Gasteiger partial charge in [-0.15, -0.1) is 0 Å². The number of halogens is 1. The first-order chi connectivity index (χ1) is 9.07. The third-order valence-electron chi connectivity index (χ3n) is 4.16. The van der Waals surface area contributed by atoms with Crippen molar-refractivity contribution in [2.24, 2.45) is 5.92 Å². The quantitative estimate of drug-likeness (QED) is 0.831. The Morgan fingerprint density at radius 1 is 1.47 bits per heavy atom. The minimum atomic E-state index is -0.563.